The predicted molar refractivity (Wildman–Crippen MR) is 64.3 cm³/mol. The maximum atomic E-state index is 12.1. The fourth-order valence-corrected chi connectivity index (χ4v) is 3.02. The summed E-state index contributed by atoms with van der Waals surface area (Å²) in [6.45, 7) is 0.422. The highest BCUT2D eigenvalue weighted by Crippen LogP contribution is 2.50. The number of fused-ring (bicyclic) bond motifs is 6. The van der Waals surface area contributed by atoms with Crippen LogP contribution in [0.5, 0.6) is 17.2 Å². The number of hydrogen-bond acceptors (Lipinski definition) is 5. The molecule has 4 rings (SSSR count). The Kier molecular flexibility index (Phi) is 2.13. The van der Waals surface area contributed by atoms with Crippen LogP contribution in [0.25, 0.3) is 0 Å². The largest absolute Gasteiger partial charge is 0.492 e. The summed E-state index contributed by atoms with van der Waals surface area (Å²) in [6.07, 6.45) is 2.38. The zero-order valence-electron chi connectivity index (χ0n) is 10.3. The summed E-state index contributed by atoms with van der Waals surface area (Å²) in [5.74, 6) is 1.44. The van der Waals surface area contributed by atoms with E-state index in [-0.39, 0.29) is 18.4 Å². The summed E-state index contributed by atoms with van der Waals surface area (Å²) in [7, 11) is 0. The molecule has 5 nitrogen and oxygen atoms in total. The van der Waals surface area contributed by atoms with Gasteiger partial charge in [-0.15, -0.1) is 0 Å². The molecule has 0 radical (unpaired) electrons. The lowest BCUT2D eigenvalue weighted by Gasteiger charge is -2.25. The Bertz CT molecular complexity index is 564. The Morgan fingerprint density at radius 1 is 0.737 bits per heavy atom. The minimum absolute atomic E-state index is 0.00354. The zero-order chi connectivity index (χ0) is 13.0. The zero-order valence-corrected chi connectivity index (χ0v) is 10.3. The number of Topliss-reactive ketones (excluding diaryl/α,β-unsaturated/α-hetero) is 2. The molecule has 1 aromatic carbocycles. The number of carbonyl (C=O) groups excluding carboxylic acids is 2. The SMILES string of the molecule is O=C1CCCc2c3c(c4c(c21)OCO4)C(=O)CCO3. The van der Waals surface area contributed by atoms with E-state index in [1.54, 1.807) is 0 Å². The normalized spacial score (nSPS) is 19.8. The Morgan fingerprint density at radius 2 is 1.47 bits per heavy atom. The van der Waals surface area contributed by atoms with Crippen molar-refractivity contribution in [1.82, 2.24) is 0 Å². The first-order chi connectivity index (χ1) is 9.27. The van der Waals surface area contributed by atoms with Crippen LogP contribution >= 0.6 is 0 Å². The lowest BCUT2D eigenvalue weighted by atomic mass is 9.85. The van der Waals surface area contributed by atoms with E-state index in [9.17, 15) is 9.59 Å². The Morgan fingerprint density at radius 3 is 2.32 bits per heavy atom. The smallest absolute Gasteiger partial charge is 0.231 e. The van der Waals surface area contributed by atoms with E-state index in [2.05, 4.69) is 0 Å². The average Bonchev–Trinajstić information content (AvgIpc) is 2.88. The highest BCUT2D eigenvalue weighted by Gasteiger charge is 2.38. The van der Waals surface area contributed by atoms with Gasteiger partial charge in [-0.1, -0.05) is 0 Å². The third-order valence-electron chi connectivity index (χ3n) is 3.83. The van der Waals surface area contributed by atoms with Gasteiger partial charge in [0.15, 0.2) is 23.1 Å². The molecule has 0 saturated carbocycles. The van der Waals surface area contributed by atoms with Crippen molar-refractivity contribution in [2.24, 2.45) is 0 Å². The Hall–Kier alpha value is -2.04. The molecule has 0 amide bonds. The van der Waals surface area contributed by atoms with Gasteiger partial charge in [-0.3, -0.25) is 9.59 Å². The summed E-state index contributed by atoms with van der Waals surface area (Å²) < 4.78 is 16.5. The summed E-state index contributed by atoms with van der Waals surface area (Å²) in [4.78, 5) is 24.2. The molecule has 19 heavy (non-hydrogen) atoms. The molecule has 1 aliphatic carbocycles. The number of ether oxygens (including phenoxy) is 3. The van der Waals surface area contributed by atoms with Gasteiger partial charge in [-0.05, 0) is 12.8 Å². The van der Waals surface area contributed by atoms with Gasteiger partial charge in [-0.25, -0.2) is 0 Å². The first kappa shape index (κ1) is 10.8. The topological polar surface area (TPSA) is 61.8 Å². The molecule has 0 fully saturated rings. The van der Waals surface area contributed by atoms with E-state index in [4.69, 9.17) is 14.2 Å². The molecule has 1 aromatic rings. The van der Waals surface area contributed by atoms with E-state index < -0.39 is 0 Å². The lowest BCUT2D eigenvalue weighted by Crippen LogP contribution is -2.21. The molecule has 98 valence electrons. The maximum absolute atomic E-state index is 12.1. The van der Waals surface area contributed by atoms with Crippen LogP contribution in [0.2, 0.25) is 0 Å². The standard InChI is InChI=1S/C14H12O5/c15-8-3-1-2-7-10(8)13-14(19-6-18-13)11-9(16)4-5-17-12(7)11/h1-6H2. The van der Waals surface area contributed by atoms with E-state index in [1.807, 2.05) is 0 Å². The van der Waals surface area contributed by atoms with Crippen molar-refractivity contribution in [2.75, 3.05) is 13.4 Å². The monoisotopic (exact) mass is 260 g/mol. The first-order valence-electron chi connectivity index (χ1n) is 6.45. The average molecular weight is 260 g/mol. The van der Waals surface area contributed by atoms with E-state index >= 15 is 0 Å². The van der Waals surface area contributed by atoms with E-state index in [0.717, 1.165) is 18.4 Å². The fraction of sp³-hybridized carbons (Fsp3) is 0.429. The molecule has 2 heterocycles. The van der Waals surface area contributed by atoms with Gasteiger partial charge in [0.25, 0.3) is 0 Å². The predicted octanol–water partition coefficient (Wildman–Crippen LogP) is 1.90. The van der Waals surface area contributed by atoms with Gasteiger partial charge in [0, 0.05) is 18.4 Å². The van der Waals surface area contributed by atoms with Crippen LogP contribution in [-0.2, 0) is 6.42 Å². The molecule has 0 saturated heterocycles. The highest BCUT2D eigenvalue weighted by molar-refractivity contribution is 6.09. The minimum Gasteiger partial charge on any atom is -0.492 e. The highest BCUT2D eigenvalue weighted by atomic mass is 16.7. The molecular weight excluding hydrogens is 248 g/mol. The van der Waals surface area contributed by atoms with Crippen LogP contribution < -0.4 is 14.2 Å². The number of ketones is 2. The van der Waals surface area contributed by atoms with E-state index in [0.29, 0.717) is 47.8 Å². The van der Waals surface area contributed by atoms with Crippen molar-refractivity contribution in [3.05, 3.63) is 16.7 Å². The van der Waals surface area contributed by atoms with Crippen LogP contribution in [0.1, 0.15) is 45.5 Å². The summed E-state index contributed by atoms with van der Waals surface area (Å²) >= 11 is 0. The quantitative estimate of drug-likeness (QED) is 0.713. The lowest BCUT2D eigenvalue weighted by molar-refractivity contribution is 0.0919. The number of benzene rings is 1. The van der Waals surface area contributed by atoms with Crippen molar-refractivity contribution in [2.45, 2.75) is 25.7 Å². The second kappa shape index (κ2) is 3.73. The van der Waals surface area contributed by atoms with Crippen molar-refractivity contribution >= 4 is 11.6 Å². The van der Waals surface area contributed by atoms with Crippen LogP contribution in [0.4, 0.5) is 0 Å². The minimum atomic E-state index is 0.00354. The Balaban J connectivity index is 2.08. The Labute approximate surface area is 109 Å². The second-order valence-electron chi connectivity index (χ2n) is 4.92. The summed E-state index contributed by atoms with van der Waals surface area (Å²) in [5, 5.41) is 0. The molecule has 3 aliphatic rings. The molecule has 5 heteroatoms. The summed E-state index contributed by atoms with van der Waals surface area (Å²) in [5.41, 5.74) is 1.85. The van der Waals surface area contributed by atoms with Crippen LogP contribution in [0.15, 0.2) is 0 Å². The van der Waals surface area contributed by atoms with Gasteiger partial charge in [0.2, 0.25) is 6.79 Å². The van der Waals surface area contributed by atoms with Gasteiger partial charge < -0.3 is 14.2 Å². The molecule has 0 atom stereocenters. The van der Waals surface area contributed by atoms with Gasteiger partial charge >= 0.3 is 0 Å². The van der Waals surface area contributed by atoms with Crippen molar-refractivity contribution in [3.8, 4) is 17.2 Å². The first-order valence-corrected chi connectivity index (χ1v) is 6.45. The third-order valence-corrected chi connectivity index (χ3v) is 3.83. The van der Waals surface area contributed by atoms with Crippen LogP contribution in [-0.4, -0.2) is 25.0 Å². The molecule has 0 aromatic heterocycles. The molecule has 0 N–H and O–H groups in total. The molecule has 2 aliphatic heterocycles. The van der Waals surface area contributed by atoms with Crippen molar-refractivity contribution < 1.29 is 23.8 Å². The van der Waals surface area contributed by atoms with Crippen molar-refractivity contribution in [1.29, 1.82) is 0 Å². The number of hydrogen-bond donors (Lipinski definition) is 0. The van der Waals surface area contributed by atoms with Crippen LogP contribution in [0.3, 0.4) is 0 Å². The van der Waals surface area contributed by atoms with Gasteiger partial charge in [-0.2, -0.15) is 0 Å². The van der Waals surface area contributed by atoms with E-state index in [1.165, 1.54) is 0 Å². The number of rotatable bonds is 0. The third kappa shape index (κ3) is 1.35. The fourth-order valence-electron chi connectivity index (χ4n) is 3.02. The van der Waals surface area contributed by atoms with Gasteiger partial charge in [0.05, 0.1) is 12.2 Å². The van der Waals surface area contributed by atoms with Gasteiger partial charge in [0.1, 0.15) is 11.3 Å². The molecule has 0 unspecified atom stereocenters. The van der Waals surface area contributed by atoms with Crippen molar-refractivity contribution in [3.63, 3.8) is 0 Å². The van der Waals surface area contributed by atoms with Crippen LogP contribution in [0, 0.1) is 0 Å². The summed E-state index contributed by atoms with van der Waals surface area (Å²) in [6, 6.07) is 0. The molecule has 0 bridgehead atoms. The second-order valence-corrected chi connectivity index (χ2v) is 4.92. The maximum Gasteiger partial charge on any atom is 0.231 e. The molecule has 0 spiro atoms. The molecular formula is C14H12O5. The number of carbonyl (C=O) groups is 2.